The molecule has 0 spiro atoms. The van der Waals surface area contributed by atoms with Gasteiger partial charge in [-0.15, -0.1) is 0 Å². The number of hydrogen-bond donors (Lipinski definition) is 0. The third-order valence-corrected chi connectivity index (χ3v) is 5.01. The van der Waals surface area contributed by atoms with Crippen LogP contribution in [0.5, 0.6) is 0 Å². The Bertz CT molecular complexity index is 463. The first-order valence-electron chi connectivity index (χ1n) is 8.27. The second-order valence-electron chi connectivity index (χ2n) is 6.59. The molecule has 21 heavy (non-hydrogen) atoms. The van der Waals surface area contributed by atoms with Crippen LogP contribution in [0.15, 0.2) is 24.4 Å². The largest absolute Gasteiger partial charge is 0.373 e. The van der Waals surface area contributed by atoms with E-state index in [2.05, 4.69) is 9.88 Å². The maximum Gasteiger partial charge on any atom is 0.0992 e. The number of nitrogens with zero attached hydrogens (tertiary/aromatic N) is 2. The predicted molar refractivity (Wildman–Crippen MR) is 79.9 cm³/mol. The van der Waals surface area contributed by atoms with Crippen LogP contribution < -0.4 is 0 Å². The molecular formula is C17H24N2O2. The van der Waals surface area contributed by atoms with E-state index in [-0.39, 0.29) is 12.2 Å². The predicted octanol–water partition coefficient (Wildman–Crippen LogP) is 2.24. The van der Waals surface area contributed by atoms with Gasteiger partial charge in [0.25, 0.3) is 0 Å². The summed E-state index contributed by atoms with van der Waals surface area (Å²) in [7, 11) is 0. The molecule has 2 saturated carbocycles. The molecule has 1 aliphatic heterocycles. The summed E-state index contributed by atoms with van der Waals surface area (Å²) in [5.41, 5.74) is 1.01. The smallest absolute Gasteiger partial charge is 0.0992 e. The highest BCUT2D eigenvalue weighted by Crippen LogP contribution is 2.36. The second kappa shape index (κ2) is 6.03. The standard InChI is InChI=1S/C17H24N2O2/c1-2-8-18-14(3-1)12-21-16-7-6-15-17(16)20-10-9-19(15)11-13-4-5-13/h1-3,8,13,15-17H,4-7,9-12H2/t15-,16+,17+/m1/s1. The fourth-order valence-corrected chi connectivity index (χ4v) is 3.70. The zero-order valence-electron chi connectivity index (χ0n) is 12.5. The van der Waals surface area contributed by atoms with E-state index in [1.165, 1.54) is 25.8 Å². The van der Waals surface area contributed by atoms with Gasteiger partial charge in [-0.1, -0.05) is 6.07 Å². The van der Waals surface area contributed by atoms with E-state index in [1.807, 2.05) is 24.4 Å². The van der Waals surface area contributed by atoms with Crippen molar-refractivity contribution < 1.29 is 9.47 Å². The normalized spacial score (nSPS) is 33.0. The van der Waals surface area contributed by atoms with Crippen LogP contribution >= 0.6 is 0 Å². The number of morpholine rings is 1. The van der Waals surface area contributed by atoms with Crippen molar-refractivity contribution in [1.29, 1.82) is 0 Å². The molecule has 4 heteroatoms. The summed E-state index contributed by atoms with van der Waals surface area (Å²) in [5, 5.41) is 0. The van der Waals surface area contributed by atoms with Gasteiger partial charge in [0.15, 0.2) is 0 Å². The van der Waals surface area contributed by atoms with E-state index in [0.717, 1.165) is 31.2 Å². The van der Waals surface area contributed by atoms with Crippen LogP contribution in [-0.2, 0) is 16.1 Å². The molecule has 4 nitrogen and oxygen atoms in total. The van der Waals surface area contributed by atoms with Crippen molar-refractivity contribution in [3.8, 4) is 0 Å². The Labute approximate surface area is 126 Å². The Morgan fingerprint density at radius 1 is 1.24 bits per heavy atom. The lowest BCUT2D eigenvalue weighted by Gasteiger charge is -2.39. The van der Waals surface area contributed by atoms with Crippen molar-refractivity contribution >= 4 is 0 Å². The van der Waals surface area contributed by atoms with Gasteiger partial charge < -0.3 is 9.47 Å². The molecule has 3 atom stereocenters. The summed E-state index contributed by atoms with van der Waals surface area (Å²) in [6.45, 7) is 3.83. The molecule has 1 saturated heterocycles. The zero-order chi connectivity index (χ0) is 14.1. The van der Waals surface area contributed by atoms with E-state index >= 15 is 0 Å². The SMILES string of the molecule is c1ccc(CO[C@H]2CC[C@@H]3[C@@H]2OCCN3CC2CC2)nc1. The summed E-state index contributed by atoms with van der Waals surface area (Å²) in [5.74, 6) is 0.956. The molecule has 0 N–H and O–H groups in total. The van der Waals surface area contributed by atoms with E-state index in [0.29, 0.717) is 12.6 Å². The van der Waals surface area contributed by atoms with Gasteiger partial charge in [-0.25, -0.2) is 0 Å². The van der Waals surface area contributed by atoms with Gasteiger partial charge in [0.2, 0.25) is 0 Å². The number of pyridine rings is 1. The van der Waals surface area contributed by atoms with Crippen LogP contribution in [0, 0.1) is 5.92 Å². The third kappa shape index (κ3) is 3.12. The summed E-state index contributed by atoms with van der Waals surface area (Å²) in [4.78, 5) is 6.99. The average Bonchev–Trinajstić information content (AvgIpc) is 3.24. The van der Waals surface area contributed by atoms with Gasteiger partial charge in [0.1, 0.15) is 0 Å². The fourth-order valence-electron chi connectivity index (χ4n) is 3.70. The molecule has 0 amide bonds. The van der Waals surface area contributed by atoms with Gasteiger partial charge in [0.05, 0.1) is 31.1 Å². The molecule has 3 aliphatic rings. The third-order valence-electron chi connectivity index (χ3n) is 5.01. The molecule has 4 rings (SSSR count). The molecule has 2 aliphatic carbocycles. The Kier molecular flexibility index (Phi) is 3.93. The van der Waals surface area contributed by atoms with Gasteiger partial charge in [0, 0.05) is 25.3 Å². The lowest BCUT2D eigenvalue weighted by Crippen LogP contribution is -2.52. The molecule has 3 fully saturated rings. The van der Waals surface area contributed by atoms with Crippen molar-refractivity contribution in [3.05, 3.63) is 30.1 Å². The minimum absolute atomic E-state index is 0.235. The lowest BCUT2D eigenvalue weighted by atomic mass is 10.1. The van der Waals surface area contributed by atoms with Crippen molar-refractivity contribution in [2.24, 2.45) is 5.92 Å². The molecule has 114 valence electrons. The minimum Gasteiger partial charge on any atom is -0.373 e. The van der Waals surface area contributed by atoms with Crippen molar-refractivity contribution in [2.75, 3.05) is 19.7 Å². The molecule has 0 radical (unpaired) electrons. The van der Waals surface area contributed by atoms with Crippen LogP contribution in [0.2, 0.25) is 0 Å². The molecule has 2 heterocycles. The Morgan fingerprint density at radius 2 is 2.19 bits per heavy atom. The van der Waals surface area contributed by atoms with Crippen molar-refractivity contribution in [2.45, 2.75) is 50.5 Å². The van der Waals surface area contributed by atoms with Gasteiger partial charge in [-0.2, -0.15) is 0 Å². The minimum atomic E-state index is 0.235. The highest BCUT2D eigenvalue weighted by Gasteiger charge is 2.44. The number of hydrogen-bond acceptors (Lipinski definition) is 4. The lowest BCUT2D eigenvalue weighted by molar-refractivity contribution is -0.117. The second-order valence-corrected chi connectivity index (χ2v) is 6.59. The first-order chi connectivity index (χ1) is 10.4. The highest BCUT2D eigenvalue weighted by molar-refractivity contribution is 5.03. The number of fused-ring (bicyclic) bond motifs is 1. The van der Waals surface area contributed by atoms with E-state index in [9.17, 15) is 0 Å². The van der Waals surface area contributed by atoms with Gasteiger partial charge >= 0.3 is 0 Å². The van der Waals surface area contributed by atoms with Crippen molar-refractivity contribution in [1.82, 2.24) is 9.88 Å². The molecule has 1 aromatic rings. The van der Waals surface area contributed by atoms with E-state index in [1.54, 1.807) is 0 Å². The summed E-state index contributed by atoms with van der Waals surface area (Å²) >= 11 is 0. The number of ether oxygens (including phenoxy) is 2. The molecule has 0 bridgehead atoms. The Balaban J connectivity index is 1.34. The zero-order valence-corrected chi connectivity index (χ0v) is 12.5. The summed E-state index contributed by atoms with van der Waals surface area (Å²) in [6, 6.07) is 6.55. The van der Waals surface area contributed by atoms with E-state index in [4.69, 9.17) is 9.47 Å². The van der Waals surface area contributed by atoms with Crippen LogP contribution in [-0.4, -0.2) is 47.8 Å². The number of aromatic nitrogens is 1. The first kappa shape index (κ1) is 13.7. The molecule has 0 aromatic carbocycles. The Hall–Kier alpha value is -0.970. The van der Waals surface area contributed by atoms with Gasteiger partial charge in [-0.05, 0) is 43.7 Å². The molecule has 1 aromatic heterocycles. The summed E-state index contributed by atoms with van der Waals surface area (Å²) < 4.78 is 12.2. The topological polar surface area (TPSA) is 34.6 Å². The number of rotatable bonds is 5. The first-order valence-corrected chi connectivity index (χ1v) is 8.27. The van der Waals surface area contributed by atoms with Crippen LogP contribution in [0.3, 0.4) is 0 Å². The maximum atomic E-state index is 6.11. The Morgan fingerprint density at radius 3 is 3.00 bits per heavy atom. The quantitative estimate of drug-likeness (QED) is 0.832. The van der Waals surface area contributed by atoms with E-state index < -0.39 is 0 Å². The molecular weight excluding hydrogens is 264 g/mol. The molecule has 0 unspecified atom stereocenters. The van der Waals surface area contributed by atoms with Crippen LogP contribution in [0.25, 0.3) is 0 Å². The van der Waals surface area contributed by atoms with Crippen LogP contribution in [0.1, 0.15) is 31.4 Å². The highest BCUT2D eigenvalue weighted by atomic mass is 16.5. The summed E-state index contributed by atoms with van der Waals surface area (Å²) in [6.07, 6.45) is 7.50. The van der Waals surface area contributed by atoms with Crippen molar-refractivity contribution in [3.63, 3.8) is 0 Å². The van der Waals surface area contributed by atoms with Crippen LogP contribution in [0.4, 0.5) is 0 Å². The average molecular weight is 288 g/mol. The maximum absolute atomic E-state index is 6.11. The fraction of sp³-hybridized carbons (Fsp3) is 0.706. The van der Waals surface area contributed by atoms with Gasteiger partial charge in [-0.3, -0.25) is 9.88 Å². The monoisotopic (exact) mass is 288 g/mol.